The van der Waals surface area contributed by atoms with Crippen LogP contribution in [0.5, 0.6) is 0 Å². The normalized spacial score (nSPS) is 13.1. The number of carbonyl (C=O) groups excluding carboxylic acids is 2. The van der Waals surface area contributed by atoms with E-state index in [2.05, 4.69) is 5.32 Å². The molecule has 0 saturated carbocycles. The summed E-state index contributed by atoms with van der Waals surface area (Å²) in [7, 11) is 0. The van der Waals surface area contributed by atoms with Crippen molar-refractivity contribution in [1.82, 2.24) is 5.32 Å². The minimum absolute atomic E-state index is 0.133. The molecule has 3 rings (SSSR count). The Morgan fingerprint density at radius 1 is 1.04 bits per heavy atom. The molecule has 2 atom stereocenters. The summed E-state index contributed by atoms with van der Waals surface area (Å²) in [6, 6.07) is 17.3. The molecule has 0 unspecified atom stereocenters. The quantitative estimate of drug-likeness (QED) is 0.665. The van der Waals surface area contributed by atoms with Crippen LogP contribution >= 0.6 is 0 Å². The Kier molecular flexibility index (Phi) is 5.60. The largest absolute Gasteiger partial charge is 0.449 e. The lowest BCUT2D eigenvalue weighted by Crippen LogP contribution is -2.37. The number of para-hydroxylation sites is 1. The molecule has 140 valence electrons. The first-order chi connectivity index (χ1) is 13.0. The van der Waals surface area contributed by atoms with Gasteiger partial charge in [0, 0.05) is 17.5 Å². The summed E-state index contributed by atoms with van der Waals surface area (Å²) in [5.74, 6) is -0.675. The van der Waals surface area contributed by atoms with Crippen LogP contribution in [-0.4, -0.2) is 24.5 Å². The maximum Gasteiger partial charge on any atom is 0.375 e. The number of carbonyl (C=O) groups is 2. The molecule has 5 nitrogen and oxygen atoms in total. The van der Waals surface area contributed by atoms with E-state index in [1.165, 1.54) is 0 Å². The van der Waals surface area contributed by atoms with Gasteiger partial charge in [-0.1, -0.05) is 55.5 Å². The average Bonchev–Trinajstić information content (AvgIpc) is 3.03. The van der Waals surface area contributed by atoms with Crippen LogP contribution in [0, 0.1) is 6.92 Å². The van der Waals surface area contributed by atoms with Crippen molar-refractivity contribution in [3.05, 3.63) is 71.5 Å². The van der Waals surface area contributed by atoms with Crippen LogP contribution in [0.25, 0.3) is 11.0 Å². The van der Waals surface area contributed by atoms with E-state index in [-0.39, 0.29) is 17.6 Å². The molecule has 3 aromatic rings. The number of ether oxygens (including phenoxy) is 1. The third-order valence-electron chi connectivity index (χ3n) is 4.63. The summed E-state index contributed by atoms with van der Waals surface area (Å²) in [4.78, 5) is 24.7. The second kappa shape index (κ2) is 8.08. The van der Waals surface area contributed by atoms with Crippen LogP contribution in [-0.2, 0) is 9.53 Å². The molecule has 1 N–H and O–H groups in total. The van der Waals surface area contributed by atoms with E-state index >= 15 is 0 Å². The van der Waals surface area contributed by atoms with Crippen LogP contribution in [0.4, 0.5) is 0 Å². The average molecular weight is 365 g/mol. The van der Waals surface area contributed by atoms with Crippen molar-refractivity contribution in [3.8, 4) is 0 Å². The Morgan fingerprint density at radius 2 is 1.70 bits per heavy atom. The van der Waals surface area contributed by atoms with Gasteiger partial charge in [0.2, 0.25) is 5.76 Å². The summed E-state index contributed by atoms with van der Waals surface area (Å²) in [6.45, 7) is 5.85. The van der Waals surface area contributed by atoms with Crippen molar-refractivity contribution in [1.29, 1.82) is 0 Å². The summed E-state index contributed by atoms with van der Waals surface area (Å²) in [6.07, 6.45) is -0.909. The maximum absolute atomic E-state index is 12.4. The Balaban J connectivity index is 1.58. The fourth-order valence-electron chi connectivity index (χ4n) is 2.93. The number of aryl methyl sites for hydroxylation is 1. The van der Waals surface area contributed by atoms with Crippen molar-refractivity contribution in [2.75, 3.05) is 6.54 Å². The number of amides is 1. The Morgan fingerprint density at radius 3 is 2.41 bits per heavy atom. The lowest BCUT2D eigenvalue weighted by molar-refractivity contribution is -0.129. The molecule has 1 heterocycles. The fourth-order valence-corrected chi connectivity index (χ4v) is 2.93. The Hall–Kier alpha value is -3.08. The lowest BCUT2D eigenvalue weighted by Gasteiger charge is -2.16. The lowest BCUT2D eigenvalue weighted by atomic mass is 10.0. The zero-order chi connectivity index (χ0) is 19.4. The number of rotatable bonds is 6. The SMILES string of the molecule is Cc1c(C(=O)O[C@@H](C)C(=O)NC[C@H](C)c2ccccc2)oc2ccccc12. The molecule has 0 aliphatic heterocycles. The van der Waals surface area contributed by atoms with Gasteiger partial charge in [0.1, 0.15) is 5.58 Å². The molecule has 0 aliphatic rings. The van der Waals surface area contributed by atoms with E-state index < -0.39 is 12.1 Å². The van der Waals surface area contributed by atoms with E-state index in [9.17, 15) is 9.59 Å². The van der Waals surface area contributed by atoms with Crippen molar-refractivity contribution < 1.29 is 18.7 Å². The molecular formula is C22H23NO4. The Labute approximate surface area is 158 Å². The first kappa shape index (κ1) is 18.7. The minimum atomic E-state index is -0.909. The van der Waals surface area contributed by atoms with E-state index in [0.717, 1.165) is 10.9 Å². The molecule has 1 amide bonds. The zero-order valence-electron chi connectivity index (χ0n) is 15.7. The smallest absolute Gasteiger partial charge is 0.375 e. The number of fused-ring (bicyclic) bond motifs is 1. The summed E-state index contributed by atoms with van der Waals surface area (Å²) in [5, 5.41) is 3.69. The molecule has 0 bridgehead atoms. The number of hydrogen-bond acceptors (Lipinski definition) is 4. The van der Waals surface area contributed by atoms with Crippen LogP contribution in [0.1, 0.15) is 41.4 Å². The molecule has 5 heteroatoms. The first-order valence-electron chi connectivity index (χ1n) is 8.99. The molecule has 0 saturated heterocycles. The van der Waals surface area contributed by atoms with Crippen LogP contribution in [0.15, 0.2) is 59.0 Å². The Bertz CT molecular complexity index is 945. The van der Waals surface area contributed by atoms with E-state index in [0.29, 0.717) is 17.7 Å². The highest BCUT2D eigenvalue weighted by molar-refractivity contribution is 5.97. The molecule has 0 aliphatic carbocycles. The first-order valence-corrected chi connectivity index (χ1v) is 8.99. The van der Waals surface area contributed by atoms with Crippen molar-refractivity contribution in [3.63, 3.8) is 0 Å². The van der Waals surface area contributed by atoms with Gasteiger partial charge in [-0.25, -0.2) is 4.79 Å². The predicted molar refractivity (Wildman–Crippen MR) is 104 cm³/mol. The van der Waals surface area contributed by atoms with Crippen LogP contribution in [0.2, 0.25) is 0 Å². The standard InChI is InChI=1S/C22H23NO4/c1-14(17-9-5-4-6-10-17)13-23-21(24)16(3)26-22(25)20-15(2)18-11-7-8-12-19(18)27-20/h4-12,14,16H,13H2,1-3H3,(H,23,24)/t14-,16-/m0/s1. The number of nitrogens with one attached hydrogen (secondary N) is 1. The number of hydrogen-bond donors (Lipinski definition) is 1. The zero-order valence-corrected chi connectivity index (χ0v) is 15.7. The minimum Gasteiger partial charge on any atom is -0.449 e. The van der Waals surface area contributed by atoms with Gasteiger partial charge in [0.05, 0.1) is 0 Å². The van der Waals surface area contributed by atoms with Gasteiger partial charge < -0.3 is 14.5 Å². The monoisotopic (exact) mass is 365 g/mol. The van der Waals surface area contributed by atoms with Gasteiger partial charge in [-0.3, -0.25) is 4.79 Å². The topological polar surface area (TPSA) is 68.5 Å². The van der Waals surface area contributed by atoms with Crippen LogP contribution < -0.4 is 5.32 Å². The van der Waals surface area contributed by atoms with Crippen molar-refractivity contribution >= 4 is 22.8 Å². The molecule has 0 spiro atoms. The van der Waals surface area contributed by atoms with E-state index in [1.54, 1.807) is 19.9 Å². The molecule has 2 aromatic carbocycles. The third-order valence-corrected chi connectivity index (χ3v) is 4.63. The molecule has 0 fully saturated rings. The molecule has 27 heavy (non-hydrogen) atoms. The summed E-state index contributed by atoms with van der Waals surface area (Å²) < 4.78 is 10.9. The fraction of sp³-hybridized carbons (Fsp3) is 0.273. The van der Waals surface area contributed by atoms with E-state index in [1.807, 2.05) is 55.5 Å². The number of esters is 1. The predicted octanol–water partition coefficient (Wildman–Crippen LogP) is 4.21. The molecule has 1 aromatic heterocycles. The van der Waals surface area contributed by atoms with Crippen molar-refractivity contribution in [2.45, 2.75) is 32.8 Å². The second-order valence-electron chi connectivity index (χ2n) is 6.66. The summed E-state index contributed by atoms with van der Waals surface area (Å²) in [5.41, 5.74) is 2.47. The van der Waals surface area contributed by atoms with Gasteiger partial charge in [-0.05, 0) is 31.4 Å². The van der Waals surface area contributed by atoms with Gasteiger partial charge in [-0.15, -0.1) is 0 Å². The highest BCUT2D eigenvalue weighted by Crippen LogP contribution is 2.25. The second-order valence-corrected chi connectivity index (χ2v) is 6.66. The number of benzene rings is 2. The van der Waals surface area contributed by atoms with E-state index in [4.69, 9.17) is 9.15 Å². The van der Waals surface area contributed by atoms with Crippen molar-refractivity contribution in [2.24, 2.45) is 0 Å². The van der Waals surface area contributed by atoms with Gasteiger partial charge in [-0.2, -0.15) is 0 Å². The van der Waals surface area contributed by atoms with Gasteiger partial charge in [0.25, 0.3) is 5.91 Å². The highest BCUT2D eigenvalue weighted by Gasteiger charge is 2.24. The highest BCUT2D eigenvalue weighted by atomic mass is 16.6. The third kappa shape index (κ3) is 4.19. The number of furan rings is 1. The van der Waals surface area contributed by atoms with Gasteiger partial charge in [0.15, 0.2) is 6.10 Å². The molecular weight excluding hydrogens is 342 g/mol. The molecule has 0 radical (unpaired) electrons. The summed E-state index contributed by atoms with van der Waals surface area (Å²) >= 11 is 0. The van der Waals surface area contributed by atoms with Gasteiger partial charge >= 0.3 is 5.97 Å². The maximum atomic E-state index is 12.4. The van der Waals surface area contributed by atoms with Crippen LogP contribution in [0.3, 0.4) is 0 Å².